The molecule has 1 aromatic carbocycles. The molecule has 96 valence electrons. The van der Waals surface area contributed by atoms with Gasteiger partial charge in [-0.25, -0.2) is 0 Å². The summed E-state index contributed by atoms with van der Waals surface area (Å²) in [6.07, 6.45) is 3.24. The number of carbonyl (C=O) groups is 1. The first kappa shape index (κ1) is 12.0. The number of nitrogens with one attached hydrogen (secondary N) is 1. The van der Waals surface area contributed by atoms with E-state index in [9.17, 15) is 4.79 Å². The molecule has 0 saturated carbocycles. The van der Waals surface area contributed by atoms with Gasteiger partial charge in [0, 0.05) is 17.1 Å². The summed E-state index contributed by atoms with van der Waals surface area (Å²) in [5.41, 5.74) is 0.976. The minimum Gasteiger partial charge on any atom is -0.461 e. The molecule has 2 bridgehead atoms. The van der Waals surface area contributed by atoms with E-state index in [-0.39, 0.29) is 11.9 Å². The highest BCUT2D eigenvalue weighted by Crippen LogP contribution is 2.34. The average Bonchev–Trinajstić information content (AvgIpc) is 3.00. The maximum atomic E-state index is 12.0. The third-order valence-electron chi connectivity index (χ3n) is 3.90. The summed E-state index contributed by atoms with van der Waals surface area (Å²) in [6.45, 7) is 0.337. The van der Waals surface area contributed by atoms with Crippen molar-refractivity contribution >= 4 is 17.6 Å². The predicted octanol–water partition coefficient (Wildman–Crippen LogP) is 2.52. The molecule has 1 N–H and O–H groups in total. The summed E-state index contributed by atoms with van der Waals surface area (Å²) in [6, 6.07) is 8.26. The first-order valence-electron chi connectivity index (χ1n) is 6.39. The van der Waals surface area contributed by atoms with Crippen LogP contribution in [0.4, 0.5) is 0 Å². The van der Waals surface area contributed by atoms with Gasteiger partial charge in [-0.3, -0.25) is 4.79 Å². The highest BCUT2D eigenvalue weighted by molar-refractivity contribution is 6.30. The highest BCUT2D eigenvalue weighted by atomic mass is 35.5. The molecule has 3 unspecified atom stereocenters. The summed E-state index contributed by atoms with van der Waals surface area (Å²) < 4.78 is 5.38. The molecule has 2 aliphatic heterocycles. The maximum Gasteiger partial charge on any atom is 0.310 e. The van der Waals surface area contributed by atoms with Crippen molar-refractivity contribution in [3.05, 3.63) is 34.9 Å². The van der Waals surface area contributed by atoms with E-state index >= 15 is 0 Å². The van der Waals surface area contributed by atoms with E-state index in [0.29, 0.717) is 23.7 Å². The third-order valence-corrected chi connectivity index (χ3v) is 4.15. The second kappa shape index (κ2) is 4.90. The normalized spacial score (nSPS) is 29.5. The largest absolute Gasteiger partial charge is 0.461 e. The van der Waals surface area contributed by atoms with E-state index in [0.717, 1.165) is 18.4 Å². The number of benzene rings is 1. The van der Waals surface area contributed by atoms with Gasteiger partial charge in [-0.2, -0.15) is 0 Å². The van der Waals surface area contributed by atoms with Crippen LogP contribution in [0.2, 0.25) is 5.02 Å². The van der Waals surface area contributed by atoms with Gasteiger partial charge in [0.1, 0.15) is 6.61 Å². The number of fused-ring (bicyclic) bond motifs is 2. The lowest BCUT2D eigenvalue weighted by Crippen LogP contribution is -2.30. The average molecular weight is 266 g/mol. The van der Waals surface area contributed by atoms with Gasteiger partial charge in [0.2, 0.25) is 0 Å². The summed E-state index contributed by atoms with van der Waals surface area (Å²) in [5.74, 6) is -0.0132. The van der Waals surface area contributed by atoms with Gasteiger partial charge in [0.25, 0.3) is 0 Å². The first-order chi connectivity index (χ1) is 8.72. The molecule has 1 aromatic rings. The first-order valence-corrected chi connectivity index (χ1v) is 6.77. The molecule has 0 aliphatic carbocycles. The van der Waals surface area contributed by atoms with Crippen molar-refractivity contribution < 1.29 is 9.53 Å². The second-order valence-electron chi connectivity index (χ2n) is 5.12. The van der Waals surface area contributed by atoms with E-state index < -0.39 is 0 Å². The Kier molecular flexibility index (Phi) is 3.27. The van der Waals surface area contributed by atoms with Gasteiger partial charge in [-0.1, -0.05) is 23.7 Å². The van der Waals surface area contributed by atoms with Crippen LogP contribution in [0.25, 0.3) is 0 Å². The Balaban J connectivity index is 1.54. The van der Waals surface area contributed by atoms with E-state index in [1.165, 1.54) is 6.42 Å². The zero-order valence-electron chi connectivity index (χ0n) is 10.1. The molecular formula is C14H16ClNO2. The van der Waals surface area contributed by atoms with Gasteiger partial charge in [-0.15, -0.1) is 0 Å². The Morgan fingerprint density at radius 2 is 2.11 bits per heavy atom. The summed E-state index contributed by atoms with van der Waals surface area (Å²) >= 11 is 5.80. The van der Waals surface area contributed by atoms with Gasteiger partial charge in [0.05, 0.1) is 5.92 Å². The minimum atomic E-state index is -0.0651. The highest BCUT2D eigenvalue weighted by Gasteiger charge is 2.43. The van der Waals surface area contributed by atoms with E-state index in [1.54, 1.807) is 0 Å². The number of rotatable bonds is 3. The fraction of sp³-hybridized carbons (Fsp3) is 0.500. The number of halogens is 1. The molecule has 2 saturated heterocycles. The molecule has 3 rings (SSSR count). The van der Waals surface area contributed by atoms with Crippen molar-refractivity contribution in [2.24, 2.45) is 5.92 Å². The van der Waals surface area contributed by atoms with Crippen molar-refractivity contribution in [1.82, 2.24) is 5.32 Å². The molecule has 0 amide bonds. The van der Waals surface area contributed by atoms with Crippen LogP contribution in [-0.2, 0) is 16.1 Å². The number of hydrogen-bond donors (Lipinski definition) is 1. The van der Waals surface area contributed by atoms with Gasteiger partial charge >= 0.3 is 5.97 Å². The Hall–Kier alpha value is -1.06. The lowest BCUT2D eigenvalue weighted by molar-refractivity contribution is -0.150. The summed E-state index contributed by atoms with van der Waals surface area (Å²) in [7, 11) is 0. The third kappa shape index (κ3) is 2.38. The number of ether oxygens (including phenoxy) is 1. The van der Waals surface area contributed by atoms with Crippen LogP contribution in [0.1, 0.15) is 24.8 Å². The maximum absolute atomic E-state index is 12.0. The Morgan fingerprint density at radius 3 is 2.72 bits per heavy atom. The van der Waals surface area contributed by atoms with Crippen molar-refractivity contribution in [1.29, 1.82) is 0 Å². The standard InChI is InChI=1S/C14H16ClNO2/c15-10-3-1-9(2-4-10)8-18-14(17)12-7-11-5-6-13(12)16-11/h1-4,11-13,16H,5-8H2. The van der Waals surface area contributed by atoms with Crippen LogP contribution in [0.3, 0.4) is 0 Å². The fourth-order valence-corrected chi connectivity index (χ4v) is 3.05. The minimum absolute atomic E-state index is 0.0519. The van der Waals surface area contributed by atoms with Crippen LogP contribution >= 0.6 is 11.6 Å². The number of hydrogen-bond acceptors (Lipinski definition) is 3. The van der Waals surface area contributed by atoms with Crippen molar-refractivity contribution in [2.45, 2.75) is 38.0 Å². The SMILES string of the molecule is O=C(OCc1ccc(Cl)cc1)C1CC2CCC1N2. The molecule has 0 aromatic heterocycles. The molecule has 18 heavy (non-hydrogen) atoms. The van der Waals surface area contributed by atoms with Gasteiger partial charge < -0.3 is 10.1 Å². The zero-order chi connectivity index (χ0) is 12.5. The number of carbonyl (C=O) groups excluding carboxylic acids is 1. The van der Waals surface area contributed by atoms with Gasteiger partial charge in [-0.05, 0) is 37.0 Å². The quantitative estimate of drug-likeness (QED) is 0.854. The Bertz CT molecular complexity index is 446. The monoisotopic (exact) mass is 265 g/mol. The Labute approximate surface area is 111 Å². The smallest absolute Gasteiger partial charge is 0.310 e. The second-order valence-corrected chi connectivity index (χ2v) is 5.56. The molecule has 4 heteroatoms. The summed E-state index contributed by atoms with van der Waals surface area (Å²) in [5, 5.41) is 4.14. The summed E-state index contributed by atoms with van der Waals surface area (Å²) in [4.78, 5) is 12.0. The molecule has 3 atom stereocenters. The lowest BCUT2D eigenvalue weighted by Gasteiger charge is -2.18. The molecule has 0 spiro atoms. The molecule has 2 heterocycles. The van der Waals surface area contributed by atoms with Crippen LogP contribution in [0.5, 0.6) is 0 Å². The molecule has 2 fully saturated rings. The lowest BCUT2D eigenvalue weighted by atomic mass is 9.89. The Morgan fingerprint density at radius 1 is 1.33 bits per heavy atom. The molecular weight excluding hydrogens is 250 g/mol. The molecule has 2 aliphatic rings. The van der Waals surface area contributed by atoms with Crippen LogP contribution in [-0.4, -0.2) is 18.1 Å². The van der Waals surface area contributed by atoms with Crippen molar-refractivity contribution in [3.8, 4) is 0 Å². The van der Waals surface area contributed by atoms with Crippen LogP contribution in [0.15, 0.2) is 24.3 Å². The van der Waals surface area contributed by atoms with Crippen LogP contribution in [0, 0.1) is 5.92 Å². The van der Waals surface area contributed by atoms with E-state index in [4.69, 9.17) is 16.3 Å². The van der Waals surface area contributed by atoms with Gasteiger partial charge in [0.15, 0.2) is 0 Å². The topological polar surface area (TPSA) is 38.3 Å². The van der Waals surface area contributed by atoms with E-state index in [2.05, 4.69) is 5.32 Å². The zero-order valence-corrected chi connectivity index (χ0v) is 10.8. The molecule has 0 radical (unpaired) electrons. The van der Waals surface area contributed by atoms with E-state index in [1.807, 2.05) is 24.3 Å². The fourth-order valence-electron chi connectivity index (χ4n) is 2.93. The van der Waals surface area contributed by atoms with Crippen LogP contribution < -0.4 is 5.32 Å². The predicted molar refractivity (Wildman–Crippen MR) is 69.3 cm³/mol. The molecule has 3 nitrogen and oxygen atoms in total. The number of esters is 1. The van der Waals surface area contributed by atoms with Crippen molar-refractivity contribution in [2.75, 3.05) is 0 Å². The van der Waals surface area contributed by atoms with Crippen molar-refractivity contribution in [3.63, 3.8) is 0 Å².